The summed E-state index contributed by atoms with van der Waals surface area (Å²) in [6.07, 6.45) is 0. The minimum atomic E-state index is -0.637. The van der Waals surface area contributed by atoms with Gasteiger partial charge in [0.05, 0.1) is 22.8 Å². The first-order chi connectivity index (χ1) is 10.5. The SMILES string of the molecule is NCC(=O)Nc1ccc(Cl)c(NC(=O)c2ccccc2F)c1. The largest absolute Gasteiger partial charge is 0.325 e. The Morgan fingerprint density at radius 3 is 2.55 bits per heavy atom. The van der Waals surface area contributed by atoms with Gasteiger partial charge in [0.1, 0.15) is 5.82 Å². The van der Waals surface area contributed by atoms with Crippen LogP contribution < -0.4 is 16.4 Å². The Hall–Kier alpha value is -2.44. The summed E-state index contributed by atoms with van der Waals surface area (Å²) in [7, 11) is 0. The van der Waals surface area contributed by atoms with Gasteiger partial charge in [0, 0.05) is 5.69 Å². The van der Waals surface area contributed by atoms with E-state index < -0.39 is 11.7 Å². The normalized spacial score (nSPS) is 10.1. The number of nitrogens with one attached hydrogen (secondary N) is 2. The first-order valence-corrected chi connectivity index (χ1v) is 6.74. The topological polar surface area (TPSA) is 84.2 Å². The fraction of sp³-hybridized carbons (Fsp3) is 0.0667. The molecule has 0 radical (unpaired) electrons. The number of carbonyl (C=O) groups excluding carboxylic acids is 2. The molecule has 2 rings (SSSR count). The van der Waals surface area contributed by atoms with Gasteiger partial charge in [-0.3, -0.25) is 9.59 Å². The molecule has 0 aromatic heterocycles. The summed E-state index contributed by atoms with van der Waals surface area (Å²) < 4.78 is 13.6. The summed E-state index contributed by atoms with van der Waals surface area (Å²) in [4.78, 5) is 23.3. The number of hydrogen-bond acceptors (Lipinski definition) is 3. The molecule has 114 valence electrons. The Labute approximate surface area is 131 Å². The second-order valence-electron chi connectivity index (χ2n) is 4.38. The molecule has 22 heavy (non-hydrogen) atoms. The molecular formula is C15H13ClFN3O2. The van der Waals surface area contributed by atoms with Gasteiger partial charge in [-0.2, -0.15) is 0 Å². The number of benzene rings is 2. The predicted molar refractivity (Wildman–Crippen MR) is 83.5 cm³/mol. The van der Waals surface area contributed by atoms with Crippen molar-refractivity contribution < 1.29 is 14.0 Å². The molecule has 2 aromatic rings. The van der Waals surface area contributed by atoms with Crippen LogP contribution in [0.2, 0.25) is 5.02 Å². The zero-order valence-corrected chi connectivity index (χ0v) is 12.2. The predicted octanol–water partition coefficient (Wildman–Crippen LogP) is 2.63. The van der Waals surface area contributed by atoms with Crippen molar-refractivity contribution in [1.29, 1.82) is 0 Å². The van der Waals surface area contributed by atoms with Gasteiger partial charge in [-0.25, -0.2) is 4.39 Å². The molecule has 0 saturated heterocycles. The highest BCUT2D eigenvalue weighted by atomic mass is 35.5. The Bertz CT molecular complexity index is 722. The van der Waals surface area contributed by atoms with E-state index in [1.165, 1.54) is 30.3 Å². The molecule has 2 amide bonds. The van der Waals surface area contributed by atoms with Crippen LogP contribution >= 0.6 is 11.6 Å². The summed E-state index contributed by atoms with van der Waals surface area (Å²) in [6.45, 7) is -0.167. The van der Waals surface area contributed by atoms with Crippen molar-refractivity contribution in [3.05, 3.63) is 58.9 Å². The van der Waals surface area contributed by atoms with Crippen LogP contribution in [0.15, 0.2) is 42.5 Å². The van der Waals surface area contributed by atoms with Crippen molar-refractivity contribution in [3.63, 3.8) is 0 Å². The van der Waals surface area contributed by atoms with Gasteiger partial charge < -0.3 is 16.4 Å². The van der Waals surface area contributed by atoms with Gasteiger partial charge in [-0.1, -0.05) is 23.7 Å². The minimum Gasteiger partial charge on any atom is -0.325 e. The Kier molecular flexibility index (Phi) is 5.08. The van der Waals surface area contributed by atoms with Gasteiger partial charge in [0.2, 0.25) is 5.91 Å². The number of nitrogens with two attached hydrogens (primary N) is 1. The van der Waals surface area contributed by atoms with Crippen molar-refractivity contribution in [3.8, 4) is 0 Å². The number of halogens is 2. The standard InChI is InChI=1S/C15H13ClFN3O2/c16-11-6-5-9(19-14(21)8-18)7-13(11)20-15(22)10-3-1-2-4-12(10)17/h1-7H,8,18H2,(H,19,21)(H,20,22). The molecule has 0 fully saturated rings. The number of rotatable bonds is 4. The van der Waals surface area contributed by atoms with Crippen LogP contribution in [0.3, 0.4) is 0 Å². The van der Waals surface area contributed by atoms with Crippen molar-refractivity contribution in [2.24, 2.45) is 5.73 Å². The lowest BCUT2D eigenvalue weighted by Crippen LogP contribution is -2.22. The van der Waals surface area contributed by atoms with E-state index in [-0.39, 0.29) is 28.7 Å². The van der Waals surface area contributed by atoms with Gasteiger partial charge in [-0.05, 0) is 30.3 Å². The van der Waals surface area contributed by atoms with Crippen LogP contribution in [-0.4, -0.2) is 18.4 Å². The number of carbonyl (C=O) groups is 2. The quantitative estimate of drug-likeness (QED) is 0.809. The molecule has 0 aliphatic heterocycles. The summed E-state index contributed by atoms with van der Waals surface area (Å²) in [5, 5.41) is 5.30. The Balaban J connectivity index is 2.22. The van der Waals surface area contributed by atoms with E-state index in [0.717, 1.165) is 0 Å². The van der Waals surface area contributed by atoms with Crippen LogP contribution in [-0.2, 0) is 4.79 Å². The molecule has 0 unspecified atom stereocenters. The monoisotopic (exact) mass is 321 g/mol. The summed E-state index contributed by atoms with van der Waals surface area (Å²) in [6, 6.07) is 10.1. The summed E-state index contributed by atoms with van der Waals surface area (Å²) in [5.41, 5.74) is 5.78. The van der Waals surface area contributed by atoms with E-state index in [1.807, 2.05) is 0 Å². The van der Waals surface area contributed by atoms with Crippen LogP contribution in [0.5, 0.6) is 0 Å². The maximum Gasteiger partial charge on any atom is 0.258 e. The van der Waals surface area contributed by atoms with E-state index >= 15 is 0 Å². The van der Waals surface area contributed by atoms with E-state index in [0.29, 0.717) is 5.69 Å². The zero-order chi connectivity index (χ0) is 16.1. The highest BCUT2D eigenvalue weighted by molar-refractivity contribution is 6.34. The average Bonchev–Trinajstić information content (AvgIpc) is 2.50. The average molecular weight is 322 g/mol. The lowest BCUT2D eigenvalue weighted by Gasteiger charge is -2.10. The smallest absolute Gasteiger partial charge is 0.258 e. The molecule has 0 aliphatic rings. The molecule has 0 atom stereocenters. The Morgan fingerprint density at radius 1 is 1.14 bits per heavy atom. The number of amides is 2. The number of hydrogen-bond donors (Lipinski definition) is 3. The van der Waals surface area contributed by atoms with Gasteiger partial charge in [-0.15, -0.1) is 0 Å². The van der Waals surface area contributed by atoms with Crippen molar-refractivity contribution in [1.82, 2.24) is 0 Å². The molecule has 0 saturated carbocycles. The molecule has 4 N–H and O–H groups in total. The molecule has 0 heterocycles. The Morgan fingerprint density at radius 2 is 1.86 bits per heavy atom. The molecule has 7 heteroatoms. The summed E-state index contributed by atoms with van der Waals surface area (Å²) >= 11 is 5.99. The van der Waals surface area contributed by atoms with E-state index in [9.17, 15) is 14.0 Å². The molecule has 0 bridgehead atoms. The van der Waals surface area contributed by atoms with Gasteiger partial charge in [0.25, 0.3) is 5.91 Å². The van der Waals surface area contributed by atoms with Crippen molar-refractivity contribution in [2.75, 3.05) is 17.2 Å². The van der Waals surface area contributed by atoms with E-state index in [4.69, 9.17) is 17.3 Å². The molecule has 0 aliphatic carbocycles. The van der Waals surface area contributed by atoms with Crippen LogP contribution in [0.25, 0.3) is 0 Å². The molecule has 0 spiro atoms. The second kappa shape index (κ2) is 7.02. The van der Waals surface area contributed by atoms with Crippen LogP contribution in [0.1, 0.15) is 10.4 Å². The van der Waals surface area contributed by atoms with Gasteiger partial charge >= 0.3 is 0 Å². The maximum absolute atomic E-state index is 13.6. The lowest BCUT2D eigenvalue weighted by molar-refractivity contribution is -0.114. The molecule has 5 nitrogen and oxygen atoms in total. The third-order valence-corrected chi connectivity index (χ3v) is 3.13. The fourth-order valence-corrected chi connectivity index (χ4v) is 1.91. The minimum absolute atomic E-state index is 0.102. The third kappa shape index (κ3) is 3.81. The number of anilines is 2. The zero-order valence-electron chi connectivity index (χ0n) is 11.4. The lowest BCUT2D eigenvalue weighted by atomic mass is 10.2. The van der Waals surface area contributed by atoms with Crippen molar-refractivity contribution in [2.45, 2.75) is 0 Å². The first-order valence-electron chi connectivity index (χ1n) is 6.36. The second-order valence-corrected chi connectivity index (χ2v) is 4.79. The molecule has 2 aromatic carbocycles. The summed E-state index contributed by atoms with van der Waals surface area (Å²) in [5.74, 6) is -1.65. The van der Waals surface area contributed by atoms with E-state index in [1.54, 1.807) is 12.1 Å². The fourth-order valence-electron chi connectivity index (χ4n) is 1.75. The van der Waals surface area contributed by atoms with Crippen molar-refractivity contribution >= 4 is 34.8 Å². The molecular weight excluding hydrogens is 309 g/mol. The van der Waals surface area contributed by atoms with Gasteiger partial charge in [0.15, 0.2) is 0 Å². The van der Waals surface area contributed by atoms with Crippen LogP contribution in [0.4, 0.5) is 15.8 Å². The highest BCUT2D eigenvalue weighted by Crippen LogP contribution is 2.26. The third-order valence-electron chi connectivity index (χ3n) is 2.80. The van der Waals surface area contributed by atoms with Crippen LogP contribution in [0, 0.1) is 5.82 Å². The highest BCUT2D eigenvalue weighted by Gasteiger charge is 2.13. The van der Waals surface area contributed by atoms with E-state index in [2.05, 4.69) is 10.6 Å². The first kappa shape index (κ1) is 15.9. The maximum atomic E-state index is 13.6.